The number of carbonyl (C=O) groups excluding carboxylic acids is 3. The molecule has 1 saturated carbocycles. The molecule has 1 aliphatic carbocycles. The van der Waals surface area contributed by atoms with Crippen LogP contribution in [0.1, 0.15) is 56.4 Å². The van der Waals surface area contributed by atoms with Crippen molar-refractivity contribution in [1.29, 1.82) is 0 Å². The molecule has 186 valence electrons. The van der Waals surface area contributed by atoms with E-state index in [1.807, 2.05) is 4.90 Å². The molecule has 11 nitrogen and oxygen atoms in total. The molecule has 12 heteroatoms. The molecule has 2 heterocycles. The summed E-state index contributed by atoms with van der Waals surface area (Å²) in [5.41, 5.74) is 6.09. The van der Waals surface area contributed by atoms with Crippen molar-refractivity contribution >= 4 is 41.8 Å². The molecule has 2 aromatic rings. The molecule has 0 amide bonds. The molecule has 1 aliphatic heterocycles. The molecule has 1 aromatic carbocycles. The summed E-state index contributed by atoms with van der Waals surface area (Å²) in [5.74, 6) is -2.52. The Kier molecular flexibility index (Phi) is 6.75. The molecule has 0 unspecified atom stereocenters. The SMILES string of the molecule is CC(=O)OB(OC(C)=O)OC(=O)c1cn(C2CC2)c2c(O)c(N3C[C@@H](C)C[C@H](N)C3)ccc2c1=O. The number of benzene rings is 1. The van der Waals surface area contributed by atoms with E-state index in [1.54, 1.807) is 16.7 Å². The van der Waals surface area contributed by atoms with Gasteiger partial charge in [0.25, 0.3) is 11.9 Å². The maximum Gasteiger partial charge on any atom is 0.870 e. The Bertz CT molecular complexity index is 1220. The predicted molar refractivity (Wildman–Crippen MR) is 127 cm³/mol. The number of hydrogen-bond donors (Lipinski definition) is 2. The van der Waals surface area contributed by atoms with Crippen molar-refractivity contribution in [3.63, 3.8) is 0 Å². The largest absolute Gasteiger partial charge is 0.870 e. The van der Waals surface area contributed by atoms with Gasteiger partial charge < -0.3 is 34.3 Å². The van der Waals surface area contributed by atoms with Crippen molar-refractivity contribution in [1.82, 2.24) is 4.57 Å². The number of hydrogen-bond acceptors (Lipinski definition) is 10. The van der Waals surface area contributed by atoms with Crippen LogP contribution in [0, 0.1) is 5.92 Å². The number of anilines is 1. The maximum atomic E-state index is 13.3. The van der Waals surface area contributed by atoms with E-state index >= 15 is 0 Å². The summed E-state index contributed by atoms with van der Waals surface area (Å²) in [7, 11) is -1.93. The van der Waals surface area contributed by atoms with Crippen LogP contribution in [0.25, 0.3) is 10.9 Å². The summed E-state index contributed by atoms with van der Waals surface area (Å²) in [6.07, 6.45) is 3.85. The van der Waals surface area contributed by atoms with Gasteiger partial charge in [0.2, 0.25) is 5.43 Å². The lowest BCUT2D eigenvalue weighted by atomic mass is 9.95. The predicted octanol–water partition coefficient (Wildman–Crippen LogP) is 1.48. The van der Waals surface area contributed by atoms with Crippen molar-refractivity contribution in [2.45, 2.75) is 52.1 Å². The molecule has 2 fully saturated rings. The Morgan fingerprint density at radius 2 is 1.74 bits per heavy atom. The standard InChI is InChI=1S/C23H28BN3O8/c1-12-8-15(25)10-26(9-12)19-7-6-17-20(22(19)31)27(16-4-5-16)11-18(21(17)30)23(32)35-24(33-13(2)28)34-14(3)29/h6-7,11-12,15-16,31H,4-5,8-10,25H2,1-3H3/t12-,15-/m0/s1. The summed E-state index contributed by atoms with van der Waals surface area (Å²) in [6.45, 7) is 5.50. The van der Waals surface area contributed by atoms with Gasteiger partial charge in [0.05, 0.1) is 16.6 Å². The third kappa shape index (κ3) is 5.27. The smallest absolute Gasteiger partial charge is 0.504 e. The van der Waals surface area contributed by atoms with Crippen LogP contribution in [-0.4, -0.2) is 54.0 Å². The Morgan fingerprint density at radius 1 is 1.09 bits per heavy atom. The molecule has 1 saturated heterocycles. The van der Waals surface area contributed by atoms with Crippen LogP contribution < -0.4 is 16.1 Å². The number of phenolic OH excluding ortho intramolecular Hbond substituents is 1. The quantitative estimate of drug-likeness (QED) is 0.576. The van der Waals surface area contributed by atoms with Crippen LogP contribution in [0.15, 0.2) is 23.1 Å². The van der Waals surface area contributed by atoms with Gasteiger partial charge >= 0.3 is 13.3 Å². The molecular formula is C23H28BN3O8. The summed E-state index contributed by atoms with van der Waals surface area (Å²) < 4.78 is 16.1. The minimum absolute atomic E-state index is 0.00827. The summed E-state index contributed by atoms with van der Waals surface area (Å²) >= 11 is 0. The summed E-state index contributed by atoms with van der Waals surface area (Å²) in [4.78, 5) is 50.7. The number of nitrogens with two attached hydrogens (primary N) is 1. The normalized spacial score (nSPS) is 19.8. The first-order chi connectivity index (χ1) is 16.5. The van der Waals surface area contributed by atoms with Crippen LogP contribution in [0.5, 0.6) is 5.75 Å². The Hall–Kier alpha value is -3.54. The molecule has 0 radical (unpaired) electrons. The molecule has 3 N–H and O–H groups in total. The van der Waals surface area contributed by atoms with E-state index in [-0.39, 0.29) is 28.8 Å². The zero-order chi connectivity index (χ0) is 25.4. The third-order valence-electron chi connectivity index (χ3n) is 6.07. The number of piperidine rings is 1. The fourth-order valence-electron chi connectivity index (χ4n) is 4.55. The van der Waals surface area contributed by atoms with E-state index in [9.17, 15) is 24.3 Å². The molecule has 2 aliphatic rings. The van der Waals surface area contributed by atoms with Gasteiger partial charge in [-0.1, -0.05) is 6.92 Å². The van der Waals surface area contributed by atoms with Gasteiger partial charge in [-0.3, -0.25) is 14.4 Å². The highest BCUT2D eigenvalue weighted by Gasteiger charge is 2.37. The fourth-order valence-corrected chi connectivity index (χ4v) is 4.55. The second-order valence-electron chi connectivity index (χ2n) is 9.26. The third-order valence-corrected chi connectivity index (χ3v) is 6.07. The summed E-state index contributed by atoms with van der Waals surface area (Å²) in [5, 5.41) is 11.4. The second kappa shape index (κ2) is 9.61. The van der Waals surface area contributed by atoms with Gasteiger partial charge in [0.1, 0.15) is 5.56 Å². The van der Waals surface area contributed by atoms with Crippen molar-refractivity contribution < 1.29 is 33.5 Å². The monoisotopic (exact) mass is 485 g/mol. The Labute approximate surface area is 201 Å². The van der Waals surface area contributed by atoms with Gasteiger partial charge in [0, 0.05) is 45.2 Å². The molecule has 0 bridgehead atoms. The van der Waals surface area contributed by atoms with E-state index in [2.05, 4.69) is 6.92 Å². The number of aromatic hydroxyl groups is 1. The zero-order valence-corrected chi connectivity index (χ0v) is 19.9. The lowest BCUT2D eigenvalue weighted by molar-refractivity contribution is -0.139. The number of fused-ring (bicyclic) bond motifs is 1. The van der Waals surface area contributed by atoms with Crippen LogP contribution >= 0.6 is 0 Å². The van der Waals surface area contributed by atoms with E-state index < -0.39 is 30.7 Å². The molecule has 1 aromatic heterocycles. The van der Waals surface area contributed by atoms with Crippen molar-refractivity contribution in [2.75, 3.05) is 18.0 Å². The number of aromatic nitrogens is 1. The minimum Gasteiger partial charge on any atom is -0.504 e. The number of pyridine rings is 1. The first-order valence-electron chi connectivity index (χ1n) is 11.5. The lowest BCUT2D eigenvalue weighted by Crippen LogP contribution is -2.46. The van der Waals surface area contributed by atoms with Crippen LogP contribution in [0.2, 0.25) is 0 Å². The van der Waals surface area contributed by atoms with Gasteiger partial charge in [-0.25, -0.2) is 4.79 Å². The second-order valence-corrected chi connectivity index (χ2v) is 9.26. The maximum absolute atomic E-state index is 13.3. The Balaban J connectivity index is 1.75. The molecule has 35 heavy (non-hydrogen) atoms. The van der Waals surface area contributed by atoms with Crippen molar-refractivity contribution in [2.24, 2.45) is 11.7 Å². The first-order valence-corrected chi connectivity index (χ1v) is 11.5. The average Bonchev–Trinajstić information content (AvgIpc) is 3.58. The summed E-state index contributed by atoms with van der Waals surface area (Å²) in [6, 6.07) is 3.18. The molecule has 0 spiro atoms. The molecule has 4 rings (SSSR count). The van der Waals surface area contributed by atoms with Gasteiger partial charge in [-0.05, 0) is 37.3 Å². The average molecular weight is 485 g/mol. The Morgan fingerprint density at radius 3 is 2.31 bits per heavy atom. The number of carbonyl (C=O) groups is 3. The lowest BCUT2D eigenvalue weighted by Gasteiger charge is -2.37. The van der Waals surface area contributed by atoms with Crippen molar-refractivity contribution in [3.8, 4) is 5.75 Å². The minimum atomic E-state index is -1.93. The van der Waals surface area contributed by atoms with Crippen LogP contribution in [0.3, 0.4) is 0 Å². The van der Waals surface area contributed by atoms with E-state index in [1.165, 1.54) is 6.20 Å². The van der Waals surface area contributed by atoms with Crippen LogP contribution in [0.4, 0.5) is 5.69 Å². The van der Waals surface area contributed by atoms with E-state index in [0.29, 0.717) is 23.7 Å². The highest BCUT2D eigenvalue weighted by molar-refractivity contribution is 6.44. The van der Waals surface area contributed by atoms with Gasteiger partial charge in [0.15, 0.2) is 5.75 Å². The van der Waals surface area contributed by atoms with Crippen molar-refractivity contribution in [3.05, 3.63) is 34.1 Å². The van der Waals surface area contributed by atoms with E-state index in [0.717, 1.165) is 39.7 Å². The number of nitrogens with zero attached hydrogens (tertiary/aromatic N) is 2. The fraction of sp³-hybridized carbons (Fsp3) is 0.478. The van der Waals surface area contributed by atoms with Crippen LogP contribution in [-0.2, 0) is 23.6 Å². The number of rotatable bonds is 6. The highest BCUT2D eigenvalue weighted by Crippen LogP contribution is 2.42. The van der Waals surface area contributed by atoms with Gasteiger partial charge in [-0.15, -0.1) is 0 Å². The van der Waals surface area contributed by atoms with Gasteiger partial charge in [-0.2, -0.15) is 0 Å². The first kappa shape index (κ1) is 24.6. The highest BCUT2D eigenvalue weighted by atomic mass is 16.8. The zero-order valence-electron chi connectivity index (χ0n) is 19.9. The number of phenols is 1. The molecule has 2 atom stereocenters. The van der Waals surface area contributed by atoms with E-state index in [4.69, 9.17) is 19.7 Å². The molecular weight excluding hydrogens is 457 g/mol. The topological polar surface area (TPSA) is 150 Å².